The molecule has 1 aliphatic rings. The smallest absolute Gasteiger partial charge is 0.373 e. The monoisotopic (exact) mass is 274 g/mol. The molecule has 2 atom stereocenters. The molecular formula is C14H26O5. The third-order valence-corrected chi connectivity index (χ3v) is 3.37. The van der Waals surface area contributed by atoms with Crippen LogP contribution in [0.2, 0.25) is 0 Å². The zero-order valence-electron chi connectivity index (χ0n) is 12.6. The van der Waals surface area contributed by atoms with Gasteiger partial charge in [-0.1, -0.05) is 20.3 Å². The van der Waals surface area contributed by atoms with E-state index >= 15 is 0 Å². The van der Waals surface area contributed by atoms with E-state index in [0.29, 0.717) is 6.42 Å². The molecule has 0 radical (unpaired) electrons. The van der Waals surface area contributed by atoms with Crippen molar-refractivity contribution in [2.75, 3.05) is 0 Å². The van der Waals surface area contributed by atoms with Crippen molar-refractivity contribution in [3.05, 3.63) is 0 Å². The van der Waals surface area contributed by atoms with Gasteiger partial charge in [0, 0.05) is 12.3 Å². The largest absolute Gasteiger partial charge is 0.455 e. The highest BCUT2D eigenvalue weighted by Gasteiger charge is 2.63. The number of aliphatic hydroxyl groups excluding tert-OH is 1. The van der Waals surface area contributed by atoms with E-state index in [1.54, 1.807) is 20.8 Å². The van der Waals surface area contributed by atoms with Gasteiger partial charge in [0.15, 0.2) is 0 Å². The molecule has 0 spiro atoms. The second kappa shape index (κ2) is 6.20. The lowest BCUT2D eigenvalue weighted by molar-refractivity contribution is -0.169. The highest BCUT2D eigenvalue weighted by atomic mass is 17.4. The molecule has 2 unspecified atom stereocenters. The summed E-state index contributed by atoms with van der Waals surface area (Å²) in [5, 5.41) is 9.41. The van der Waals surface area contributed by atoms with Gasteiger partial charge in [0.05, 0.1) is 6.10 Å². The van der Waals surface area contributed by atoms with Gasteiger partial charge < -0.3 is 9.84 Å². The second-order valence-electron chi connectivity index (χ2n) is 5.93. The molecule has 1 fully saturated rings. The Kier molecular flexibility index (Phi) is 5.35. The summed E-state index contributed by atoms with van der Waals surface area (Å²) < 4.78 is 5.46. The van der Waals surface area contributed by atoms with Gasteiger partial charge in [0.2, 0.25) is 0 Å². The number of aliphatic hydroxyl groups is 1. The van der Waals surface area contributed by atoms with E-state index in [-0.39, 0.29) is 5.92 Å². The Morgan fingerprint density at radius 3 is 2.32 bits per heavy atom. The van der Waals surface area contributed by atoms with Crippen LogP contribution in [-0.2, 0) is 19.3 Å². The summed E-state index contributed by atoms with van der Waals surface area (Å²) in [5.41, 5.74) is -0.738. The Bertz CT molecular complexity index is 307. The van der Waals surface area contributed by atoms with Gasteiger partial charge in [0.1, 0.15) is 5.60 Å². The molecule has 0 aromatic heterocycles. The fraction of sp³-hybridized carbons (Fsp3) is 0.929. The predicted octanol–water partition coefficient (Wildman–Crippen LogP) is 2.56. The second-order valence-corrected chi connectivity index (χ2v) is 5.93. The molecule has 0 bridgehead atoms. The molecule has 1 N–H and O–H groups in total. The van der Waals surface area contributed by atoms with Crippen molar-refractivity contribution >= 4 is 5.97 Å². The Balaban J connectivity index is 2.66. The van der Waals surface area contributed by atoms with E-state index in [1.165, 1.54) is 0 Å². The number of carbonyl (C=O) groups excluding carboxylic acids is 1. The molecule has 5 nitrogen and oxygen atoms in total. The number of ether oxygens (including phenoxy) is 1. The molecule has 1 saturated heterocycles. The maximum Gasteiger partial charge on any atom is 0.373 e. The van der Waals surface area contributed by atoms with Crippen LogP contribution in [0.25, 0.3) is 0 Å². The lowest BCUT2D eigenvalue weighted by Crippen LogP contribution is -2.41. The van der Waals surface area contributed by atoms with Crippen molar-refractivity contribution in [2.45, 2.75) is 77.8 Å². The summed E-state index contributed by atoms with van der Waals surface area (Å²) in [6, 6.07) is 0. The minimum atomic E-state index is -1.22. The lowest BCUT2D eigenvalue weighted by Gasteiger charge is -2.28. The quantitative estimate of drug-likeness (QED) is 0.418. The molecule has 1 rings (SSSR count). The predicted molar refractivity (Wildman–Crippen MR) is 70.1 cm³/mol. The molecule has 0 saturated carbocycles. The number of hydrogen-bond acceptors (Lipinski definition) is 5. The van der Waals surface area contributed by atoms with Gasteiger partial charge in [-0.25, -0.2) is 4.79 Å². The average molecular weight is 274 g/mol. The van der Waals surface area contributed by atoms with Gasteiger partial charge in [0.25, 0.3) is 0 Å². The summed E-state index contributed by atoms with van der Waals surface area (Å²) in [4.78, 5) is 22.2. The van der Waals surface area contributed by atoms with Crippen LogP contribution in [-0.4, -0.2) is 28.6 Å². The van der Waals surface area contributed by atoms with Crippen LogP contribution >= 0.6 is 0 Å². The van der Waals surface area contributed by atoms with Gasteiger partial charge >= 0.3 is 11.8 Å². The Morgan fingerprint density at radius 1 is 1.37 bits per heavy atom. The topological polar surface area (TPSA) is 71.6 Å². The fourth-order valence-corrected chi connectivity index (χ4v) is 2.50. The van der Waals surface area contributed by atoms with Crippen LogP contribution < -0.4 is 0 Å². The van der Waals surface area contributed by atoms with E-state index in [4.69, 9.17) is 14.5 Å². The first-order chi connectivity index (χ1) is 8.77. The maximum atomic E-state index is 12.2. The number of hydrogen-bond donors (Lipinski definition) is 1. The zero-order chi connectivity index (χ0) is 14.7. The standard InChI is InChI=1S/C14H26O5/c1-6-8-11(7-2)14(18-19-14)12(16)17-13(4,5)9-10(3)15/h10-11,15H,6-9H2,1-5H3. The number of carbonyl (C=O) groups is 1. The molecule has 112 valence electrons. The third kappa shape index (κ3) is 4.16. The van der Waals surface area contributed by atoms with Gasteiger partial charge in [-0.15, -0.1) is 0 Å². The van der Waals surface area contributed by atoms with Crippen LogP contribution in [0, 0.1) is 5.92 Å². The average Bonchev–Trinajstić information content (AvgIpc) is 3.04. The Hall–Kier alpha value is -0.650. The van der Waals surface area contributed by atoms with Crippen molar-refractivity contribution in [3.8, 4) is 0 Å². The van der Waals surface area contributed by atoms with Gasteiger partial charge in [-0.2, -0.15) is 9.78 Å². The zero-order valence-corrected chi connectivity index (χ0v) is 12.6. The van der Waals surface area contributed by atoms with E-state index in [0.717, 1.165) is 19.3 Å². The van der Waals surface area contributed by atoms with Crippen molar-refractivity contribution in [2.24, 2.45) is 5.92 Å². The summed E-state index contributed by atoms with van der Waals surface area (Å²) in [6.45, 7) is 9.27. The molecule has 0 aromatic carbocycles. The first-order valence-corrected chi connectivity index (χ1v) is 7.05. The van der Waals surface area contributed by atoms with Crippen LogP contribution in [0.4, 0.5) is 0 Å². The van der Waals surface area contributed by atoms with Crippen molar-refractivity contribution in [3.63, 3.8) is 0 Å². The minimum Gasteiger partial charge on any atom is -0.455 e. The molecule has 0 amide bonds. The maximum absolute atomic E-state index is 12.2. The first-order valence-electron chi connectivity index (χ1n) is 7.05. The SMILES string of the molecule is CCCC(CC)C1(C(=O)OC(C)(C)CC(C)O)OO1. The molecule has 5 heteroatoms. The third-order valence-electron chi connectivity index (χ3n) is 3.37. The van der Waals surface area contributed by atoms with Crippen molar-refractivity contribution in [1.82, 2.24) is 0 Å². The Morgan fingerprint density at radius 2 is 1.95 bits per heavy atom. The first kappa shape index (κ1) is 16.4. The lowest BCUT2D eigenvalue weighted by atomic mass is 9.92. The van der Waals surface area contributed by atoms with Crippen LogP contribution in [0.3, 0.4) is 0 Å². The highest BCUT2D eigenvalue weighted by molar-refractivity contribution is 5.80. The van der Waals surface area contributed by atoms with E-state index in [2.05, 4.69) is 6.92 Å². The fourth-order valence-electron chi connectivity index (χ4n) is 2.50. The Labute approximate surface area is 115 Å². The van der Waals surface area contributed by atoms with Gasteiger partial charge in [-0.3, -0.25) is 0 Å². The summed E-state index contributed by atoms with van der Waals surface area (Å²) >= 11 is 0. The highest BCUT2D eigenvalue weighted by Crippen LogP contribution is 2.43. The minimum absolute atomic E-state index is 0.00681. The van der Waals surface area contributed by atoms with Crippen molar-refractivity contribution in [1.29, 1.82) is 0 Å². The molecule has 1 aliphatic heterocycles. The molecule has 19 heavy (non-hydrogen) atoms. The number of rotatable bonds is 8. The van der Waals surface area contributed by atoms with E-state index < -0.39 is 23.5 Å². The van der Waals surface area contributed by atoms with Crippen molar-refractivity contribution < 1.29 is 24.4 Å². The summed E-state index contributed by atoms with van der Waals surface area (Å²) in [5.74, 6) is -1.70. The van der Waals surface area contributed by atoms with Gasteiger partial charge in [-0.05, 0) is 33.6 Å². The molecule has 0 aliphatic carbocycles. The molecule has 1 heterocycles. The van der Waals surface area contributed by atoms with Crippen LogP contribution in [0.1, 0.15) is 60.3 Å². The normalized spacial score (nSPS) is 20.7. The van der Waals surface area contributed by atoms with Crippen LogP contribution in [0.15, 0.2) is 0 Å². The number of esters is 1. The summed E-state index contributed by atoms with van der Waals surface area (Å²) in [7, 11) is 0. The molecular weight excluding hydrogens is 248 g/mol. The van der Waals surface area contributed by atoms with E-state index in [1.807, 2.05) is 6.92 Å². The molecule has 0 aromatic rings. The van der Waals surface area contributed by atoms with E-state index in [9.17, 15) is 9.90 Å². The van der Waals surface area contributed by atoms with Crippen LogP contribution in [0.5, 0.6) is 0 Å². The summed E-state index contributed by atoms with van der Waals surface area (Å²) in [6.07, 6.45) is 2.44.